The van der Waals surface area contributed by atoms with Crippen LogP contribution in [0.25, 0.3) is 0 Å². The third-order valence-electron chi connectivity index (χ3n) is 5.05. The lowest BCUT2D eigenvalue weighted by Gasteiger charge is -2.37. The van der Waals surface area contributed by atoms with E-state index in [0.717, 1.165) is 38.1 Å². The number of nitrogens with zero attached hydrogens (tertiary/aromatic N) is 3. The van der Waals surface area contributed by atoms with Crippen molar-refractivity contribution in [3.8, 4) is 0 Å². The topological polar surface area (TPSA) is 64.4 Å². The van der Waals surface area contributed by atoms with E-state index in [1.54, 1.807) is 4.31 Å². The zero-order valence-electron chi connectivity index (χ0n) is 14.2. The third kappa shape index (κ3) is 3.78. The number of ether oxygens (including phenoxy) is 1. The fourth-order valence-electron chi connectivity index (χ4n) is 3.85. The van der Waals surface area contributed by atoms with Gasteiger partial charge in [-0.3, -0.25) is 0 Å². The van der Waals surface area contributed by atoms with Crippen molar-refractivity contribution in [2.45, 2.75) is 57.1 Å². The van der Waals surface area contributed by atoms with Crippen LogP contribution in [0.1, 0.15) is 57.3 Å². The molecule has 23 heavy (non-hydrogen) atoms. The molecule has 2 fully saturated rings. The zero-order chi connectivity index (χ0) is 16.7. The van der Waals surface area contributed by atoms with Crippen molar-refractivity contribution in [1.82, 2.24) is 13.9 Å². The molecule has 130 valence electrons. The van der Waals surface area contributed by atoms with Gasteiger partial charge < -0.3 is 9.30 Å². The van der Waals surface area contributed by atoms with Crippen molar-refractivity contribution in [1.29, 1.82) is 0 Å². The Morgan fingerprint density at radius 3 is 2.57 bits per heavy atom. The van der Waals surface area contributed by atoms with Crippen LogP contribution >= 0.6 is 0 Å². The molecule has 0 amide bonds. The molecule has 0 unspecified atom stereocenters. The van der Waals surface area contributed by atoms with Crippen molar-refractivity contribution in [2.24, 2.45) is 0 Å². The van der Waals surface area contributed by atoms with Gasteiger partial charge in [0.25, 0.3) is 0 Å². The van der Waals surface area contributed by atoms with E-state index in [0.29, 0.717) is 25.0 Å². The second-order valence-electron chi connectivity index (χ2n) is 7.38. The van der Waals surface area contributed by atoms with E-state index in [-0.39, 0.29) is 5.60 Å². The highest BCUT2D eigenvalue weighted by atomic mass is 32.2. The van der Waals surface area contributed by atoms with Gasteiger partial charge in [0.1, 0.15) is 5.82 Å². The smallest absolute Gasteiger partial charge is 0.211 e. The van der Waals surface area contributed by atoms with Gasteiger partial charge in [0.05, 0.1) is 11.9 Å². The molecule has 2 aliphatic rings. The van der Waals surface area contributed by atoms with Crippen molar-refractivity contribution in [2.75, 3.05) is 26.0 Å². The number of sulfonamides is 1. The minimum Gasteiger partial charge on any atom is -0.376 e. The third-order valence-corrected chi connectivity index (χ3v) is 6.35. The lowest BCUT2D eigenvalue weighted by Crippen LogP contribution is -2.39. The van der Waals surface area contributed by atoms with Crippen LogP contribution in [-0.4, -0.2) is 53.8 Å². The minimum absolute atomic E-state index is 0.0979. The van der Waals surface area contributed by atoms with Gasteiger partial charge >= 0.3 is 0 Å². The molecule has 0 N–H and O–H groups in total. The Bertz CT molecular complexity index is 645. The number of imidazole rings is 1. The average molecular weight is 341 g/mol. The van der Waals surface area contributed by atoms with E-state index in [1.807, 2.05) is 6.20 Å². The number of piperidine rings is 1. The monoisotopic (exact) mass is 341 g/mol. The first-order valence-corrected chi connectivity index (χ1v) is 10.2. The van der Waals surface area contributed by atoms with Crippen LogP contribution in [-0.2, 0) is 14.8 Å². The summed E-state index contributed by atoms with van der Waals surface area (Å²) in [6.45, 7) is 6.24. The number of hydrogen-bond acceptors (Lipinski definition) is 4. The van der Waals surface area contributed by atoms with Gasteiger partial charge in [-0.2, -0.15) is 0 Å². The first kappa shape index (κ1) is 16.9. The molecule has 0 bridgehead atoms. The van der Waals surface area contributed by atoms with Crippen LogP contribution in [0, 0.1) is 0 Å². The molecule has 1 atom stereocenters. The molecule has 3 rings (SSSR count). The Labute approximate surface area is 138 Å². The molecule has 2 aliphatic heterocycles. The minimum atomic E-state index is -3.07. The Balaban J connectivity index is 1.72. The van der Waals surface area contributed by atoms with E-state index in [4.69, 9.17) is 4.74 Å². The maximum absolute atomic E-state index is 11.7. The number of aromatic nitrogens is 2. The van der Waals surface area contributed by atoms with Crippen molar-refractivity contribution in [3.63, 3.8) is 0 Å². The van der Waals surface area contributed by atoms with Crippen LogP contribution in [0.15, 0.2) is 12.4 Å². The fourth-order valence-corrected chi connectivity index (χ4v) is 4.73. The van der Waals surface area contributed by atoms with E-state index in [1.165, 1.54) is 6.26 Å². The molecule has 0 saturated carbocycles. The number of rotatable bonds is 3. The Morgan fingerprint density at radius 2 is 1.96 bits per heavy atom. The second kappa shape index (κ2) is 6.18. The molecule has 0 spiro atoms. The molecule has 1 aromatic heterocycles. The highest BCUT2D eigenvalue weighted by Gasteiger charge is 2.34. The summed E-state index contributed by atoms with van der Waals surface area (Å²) in [5.41, 5.74) is -0.0979. The van der Waals surface area contributed by atoms with Crippen LogP contribution in [0.4, 0.5) is 0 Å². The summed E-state index contributed by atoms with van der Waals surface area (Å²) in [5, 5.41) is 0. The summed E-state index contributed by atoms with van der Waals surface area (Å²) >= 11 is 0. The molecule has 1 aromatic rings. The van der Waals surface area contributed by atoms with Gasteiger partial charge in [0, 0.05) is 44.0 Å². The van der Waals surface area contributed by atoms with Crippen LogP contribution in [0.2, 0.25) is 0 Å². The van der Waals surface area contributed by atoms with Gasteiger partial charge in [0.2, 0.25) is 10.0 Å². The van der Waals surface area contributed by atoms with Crippen molar-refractivity contribution < 1.29 is 13.2 Å². The van der Waals surface area contributed by atoms with E-state index in [9.17, 15) is 8.42 Å². The molecule has 7 heteroatoms. The highest BCUT2D eigenvalue weighted by Crippen LogP contribution is 2.37. The molecule has 0 aliphatic carbocycles. The molecular weight excluding hydrogens is 314 g/mol. The summed E-state index contributed by atoms with van der Waals surface area (Å²) in [6.07, 6.45) is 8.90. The maximum atomic E-state index is 11.7. The van der Waals surface area contributed by atoms with Crippen molar-refractivity contribution in [3.05, 3.63) is 18.2 Å². The SMILES string of the molecule is CC1(C)C[C@H](c2nccn2C2CCN(S(C)(=O)=O)CC2)CCO1. The summed E-state index contributed by atoms with van der Waals surface area (Å²) in [5.74, 6) is 1.56. The standard InChI is InChI=1S/C16H27N3O3S/c1-16(2)12-13(6-11-22-16)15-17-7-10-19(15)14-4-8-18(9-5-14)23(3,20)21/h7,10,13-14H,4-6,8-9,11-12H2,1-3H3/t13-/m1/s1. The fraction of sp³-hybridized carbons (Fsp3) is 0.812. The predicted molar refractivity (Wildman–Crippen MR) is 88.9 cm³/mol. The van der Waals surface area contributed by atoms with E-state index >= 15 is 0 Å². The highest BCUT2D eigenvalue weighted by molar-refractivity contribution is 7.88. The van der Waals surface area contributed by atoms with Gasteiger partial charge in [-0.15, -0.1) is 0 Å². The Kier molecular flexibility index (Phi) is 4.55. The number of hydrogen-bond donors (Lipinski definition) is 0. The van der Waals surface area contributed by atoms with Crippen LogP contribution in [0.5, 0.6) is 0 Å². The summed E-state index contributed by atoms with van der Waals surface area (Å²) in [7, 11) is -3.07. The van der Waals surface area contributed by atoms with Gasteiger partial charge in [-0.25, -0.2) is 17.7 Å². The molecular formula is C16H27N3O3S. The lowest BCUT2D eigenvalue weighted by atomic mass is 9.87. The predicted octanol–water partition coefficient (Wildman–Crippen LogP) is 2.15. The molecule has 2 saturated heterocycles. The van der Waals surface area contributed by atoms with Crippen LogP contribution < -0.4 is 0 Å². The largest absolute Gasteiger partial charge is 0.376 e. The zero-order valence-corrected chi connectivity index (χ0v) is 15.1. The van der Waals surface area contributed by atoms with E-state index in [2.05, 4.69) is 29.6 Å². The van der Waals surface area contributed by atoms with Gasteiger partial charge in [0.15, 0.2) is 0 Å². The van der Waals surface area contributed by atoms with Crippen LogP contribution in [0.3, 0.4) is 0 Å². The quantitative estimate of drug-likeness (QED) is 0.845. The molecule has 3 heterocycles. The van der Waals surface area contributed by atoms with Crippen molar-refractivity contribution >= 4 is 10.0 Å². The molecule has 0 radical (unpaired) electrons. The Morgan fingerprint density at radius 1 is 1.26 bits per heavy atom. The van der Waals surface area contributed by atoms with E-state index < -0.39 is 10.0 Å². The molecule has 0 aromatic carbocycles. The Hall–Kier alpha value is -0.920. The summed E-state index contributed by atoms with van der Waals surface area (Å²) in [6, 6.07) is 0.344. The lowest BCUT2D eigenvalue weighted by molar-refractivity contribution is -0.0608. The summed E-state index contributed by atoms with van der Waals surface area (Å²) in [4.78, 5) is 4.62. The normalized spacial score (nSPS) is 27.2. The maximum Gasteiger partial charge on any atom is 0.211 e. The first-order chi connectivity index (χ1) is 10.8. The molecule has 6 nitrogen and oxygen atoms in total. The van der Waals surface area contributed by atoms with Gasteiger partial charge in [-0.05, 0) is 39.5 Å². The van der Waals surface area contributed by atoms with Gasteiger partial charge in [-0.1, -0.05) is 0 Å². The summed E-state index contributed by atoms with van der Waals surface area (Å²) < 4.78 is 33.0. The first-order valence-electron chi connectivity index (χ1n) is 8.38. The average Bonchev–Trinajstić information content (AvgIpc) is 2.95. The second-order valence-corrected chi connectivity index (χ2v) is 9.37.